The van der Waals surface area contributed by atoms with Crippen molar-refractivity contribution in [3.05, 3.63) is 33.9 Å². The fourth-order valence-corrected chi connectivity index (χ4v) is 1.64. The first-order valence-corrected chi connectivity index (χ1v) is 5.85. The van der Waals surface area contributed by atoms with Crippen molar-refractivity contribution in [3.8, 4) is 0 Å². The Kier molecular flexibility index (Phi) is 4.47. The third-order valence-electron chi connectivity index (χ3n) is 2.87. The molecule has 0 heterocycles. The first-order valence-electron chi connectivity index (χ1n) is 5.85. The molecule has 0 saturated heterocycles. The maximum Gasteiger partial charge on any atom is 0.313 e. The Morgan fingerprint density at radius 2 is 2.11 bits per heavy atom. The first kappa shape index (κ1) is 14.9. The van der Waals surface area contributed by atoms with Crippen molar-refractivity contribution in [2.24, 2.45) is 5.41 Å². The van der Waals surface area contributed by atoms with E-state index in [4.69, 9.17) is 4.74 Å². The number of nitro benzene ring substituents is 1. The highest BCUT2D eigenvalue weighted by Crippen LogP contribution is 2.23. The van der Waals surface area contributed by atoms with Gasteiger partial charge in [0.2, 0.25) is 0 Å². The first-order chi connectivity index (χ1) is 8.77. The van der Waals surface area contributed by atoms with Crippen LogP contribution in [0.1, 0.15) is 19.4 Å². The van der Waals surface area contributed by atoms with E-state index in [0.717, 1.165) is 5.69 Å². The van der Waals surface area contributed by atoms with Crippen LogP contribution in [-0.4, -0.2) is 24.5 Å². The van der Waals surface area contributed by atoms with Crippen molar-refractivity contribution >= 4 is 17.3 Å². The zero-order valence-corrected chi connectivity index (χ0v) is 11.5. The summed E-state index contributed by atoms with van der Waals surface area (Å²) in [6.07, 6.45) is 0. The molecule has 1 rings (SSSR count). The van der Waals surface area contributed by atoms with Crippen LogP contribution in [0.15, 0.2) is 18.2 Å². The summed E-state index contributed by atoms with van der Waals surface area (Å²) in [5, 5.41) is 13.8. The Bertz CT molecular complexity index is 497. The summed E-state index contributed by atoms with van der Waals surface area (Å²) in [4.78, 5) is 21.8. The van der Waals surface area contributed by atoms with E-state index in [1.54, 1.807) is 32.9 Å². The molecule has 0 radical (unpaired) electrons. The Hall–Kier alpha value is -2.11. The SMILES string of the molecule is COC(=O)C(C)(C)CNc1ccc([N+](=O)[O-])c(C)c1. The molecule has 0 aliphatic heterocycles. The molecule has 0 amide bonds. The molecule has 0 spiro atoms. The second kappa shape index (κ2) is 5.69. The molecular formula is C13H18N2O4. The van der Waals surface area contributed by atoms with Gasteiger partial charge in [-0.25, -0.2) is 0 Å². The lowest BCUT2D eigenvalue weighted by molar-refractivity contribution is -0.385. The summed E-state index contributed by atoms with van der Waals surface area (Å²) in [6.45, 7) is 5.60. The molecule has 19 heavy (non-hydrogen) atoms. The summed E-state index contributed by atoms with van der Waals surface area (Å²) >= 11 is 0. The van der Waals surface area contributed by atoms with Crippen molar-refractivity contribution in [2.45, 2.75) is 20.8 Å². The highest BCUT2D eigenvalue weighted by Gasteiger charge is 2.28. The molecule has 6 nitrogen and oxygen atoms in total. The summed E-state index contributed by atoms with van der Waals surface area (Å²) < 4.78 is 4.71. The molecule has 0 aromatic heterocycles. The minimum absolute atomic E-state index is 0.0813. The van der Waals surface area contributed by atoms with Gasteiger partial charge in [-0.1, -0.05) is 0 Å². The zero-order valence-electron chi connectivity index (χ0n) is 11.5. The molecule has 0 atom stereocenters. The number of methoxy groups -OCH3 is 1. The van der Waals surface area contributed by atoms with Crippen LogP contribution in [0.25, 0.3) is 0 Å². The van der Waals surface area contributed by atoms with E-state index in [9.17, 15) is 14.9 Å². The number of benzene rings is 1. The summed E-state index contributed by atoms with van der Waals surface area (Å²) in [5.74, 6) is -0.307. The van der Waals surface area contributed by atoms with Crippen LogP contribution in [0.2, 0.25) is 0 Å². The second-order valence-electron chi connectivity index (χ2n) is 4.99. The van der Waals surface area contributed by atoms with Gasteiger partial charge in [0, 0.05) is 23.9 Å². The fraction of sp³-hybridized carbons (Fsp3) is 0.462. The number of carbonyl (C=O) groups is 1. The van der Waals surface area contributed by atoms with Crippen LogP contribution < -0.4 is 5.32 Å². The number of hydrogen-bond donors (Lipinski definition) is 1. The lowest BCUT2D eigenvalue weighted by Gasteiger charge is -2.22. The van der Waals surface area contributed by atoms with Crippen molar-refractivity contribution < 1.29 is 14.5 Å². The molecule has 0 unspecified atom stereocenters. The predicted molar refractivity (Wildman–Crippen MR) is 72.1 cm³/mol. The van der Waals surface area contributed by atoms with Gasteiger partial charge in [-0.3, -0.25) is 14.9 Å². The molecule has 0 bridgehead atoms. The van der Waals surface area contributed by atoms with Crippen LogP contribution in [0.4, 0.5) is 11.4 Å². The average Bonchev–Trinajstić information content (AvgIpc) is 2.35. The number of carbonyl (C=O) groups excluding carboxylic acids is 1. The second-order valence-corrected chi connectivity index (χ2v) is 4.99. The molecule has 0 fully saturated rings. The fourth-order valence-electron chi connectivity index (χ4n) is 1.64. The predicted octanol–water partition coefficient (Wildman–Crippen LogP) is 2.51. The lowest BCUT2D eigenvalue weighted by atomic mass is 9.93. The number of nitrogens with one attached hydrogen (secondary N) is 1. The molecule has 0 aliphatic carbocycles. The quantitative estimate of drug-likeness (QED) is 0.503. The highest BCUT2D eigenvalue weighted by molar-refractivity contribution is 5.76. The van der Waals surface area contributed by atoms with Crippen molar-refractivity contribution in [3.63, 3.8) is 0 Å². The molecule has 1 aromatic rings. The number of hydrogen-bond acceptors (Lipinski definition) is 5. The maximum atomic E-state index is 11.5. The molecule has 0 aliphatic rings. The smallest absolute Gasteiger partial charge is 0.313 e. The van der Waals surface area contributed by atoms with Gasteiger partial charge in [-0.2, -0.15) is 0 Å². The largest absolute Gasteiger partial charge is 0.469 e. The highest BCUT2D eigenvalue weighted by atomic mass is 16.6. The molecule has 0 saturated carbocycles. The van der Waals surface area contributed by atoms with Crippen molar-refractivity contribution in [2.75, 3.05) is 19.0 Å². The number of nitro groups is 1. The van der Waals surface area contributed by atoms with E-state index >= 15 is 0 Å². The van der Waals surface area contributed by atoms with Crippen LogP contribution in [0.5, 0.6) is 0 Å². The third-order valence-corrected chi connectivity index (χ3v) is 2.87. The number of ether oxygens (including phenoxy) is 1. The molecule has 104 valence electrons. The minimum Gasteiger partial charge on any atom is -0.469 e. The van der Waals surface area contributed by atoms with Crippen LogP contribution >= 0.6 is 0 Å². The van der Waals surface area contributed by atoms with E-state index in [0.29, 0.717) is 12.1 Å². The summed E-state index contributed by atoms with van der Waals surface area (Å²) in [7, 11) is 1.35. The molecule has 1 aromatic carbocycles. The Morgan fingerprint density at radius 1 is 1.47 bits per heavy atom. The van der Waals surface area contributed by atoms with E-state index in [1.165, 1.54) is 13.2 Å². The van der Waals surface area contributed by atoms with Crippen molar-refractivity contribution in [1.82, 2.24) is 0 Å². The van der Waals surface area contributed by atoms with Gasteiger partial charge in [0.25, 0.3) is 5.69 Å². The van der Waals surface area contributed by atoms with Crippen LogP contribution in [-0.2, 0) is 9.53 Å². The van der Waals surface area contributed by atoms with Gasteiger partial charge in [0.15, 0.2) is 0 Å². The Balaban J connectivity index is 2.77. The standard InChI is InChI=1S/C13H18N2O4/c1-9-7-10(5-6-11(9)15(17)18)14-8-13(2,3)12(16)19-4/h5-7,14H,8H2,1-4H3. The third kappa shape index (κ3) is 3.67. The van der Waals surface area contributed by atoms with E-state index in [1.807, 2.05) is 0 Å². The average molecular weight is 266 g/mol. The Labute approximate surface area is 111 Å². The van der Waals surface area contributed by atoms with Gasteiger partial charge in [0.05, 0.1) is 17.4 Å². The van der Waals surface area contributed by atoms with Crippen LogP contribution in [0, 0.1) is 22.5 Å². The summed E-state index contributed by atoms with van der Waals surface area (Å²) in [5.41, 5.74) is 0.730. The van der Waals surface area contributed by atoms with Gasteiger partial charge < -0.3 is 10.1 Å². The number of rotatable bonds is 5. The molecule has 6 heteroatoms. The maximum absolute atomic E-state index is 11.5. The topological polar surface area (TPSA) is 81.5 Å². The van der Waals surface area contributed by atoms with E-state index in [2.05, 4.69) is 5.32 Å². The van der Waals surface area contributed by atoms with Crippen LogP contribution in [0.3, 0.4) is 0 Å². The monoisotopic (exact) mass is 266 g/mol. The van der Waals surface area contributed by atoms with Crippen molar-refractivity contribution in [1.29, 1.82) is 0 Å². The van der Waals surface area contributed by atoms with Gasteiger partial charge in [-0.05, 0) is 32.9 Å². The number of esters is 1. The summed E-state index contributed by atoms with van der Waals surface area (Å²) in [6, 6.07) is 4.76. The zero-order chi connectivity index (χ0) is 14.6. The number of nitrogens with zero attached hydrogens (tertiary/aromatic N) is 1. The van der Waals surface area contributed by atoms with Gasteiger partial charge in [0.1, 0.15) is 0 Å². The van der Waals surface area contributed by atoms with E-state index in [-0.39, 0.29) is 11.7 Å². The normalized spacial score (nSPS) is 10.9. The molecule has 1 N–H and O–H groups in total. The molecular weight excluding hydrogens is 248 g/mol. The lowest BCUT2D eigenvalue weighted by Crippen LogP contribution is -2.33. The Morgan fingerprint density at radius 3 is 2.58 bits per heavy atom. The number of anilines is 1. The number of aryl methyl sites for hydroxylation is 1. The van der Waals surface area contributed by atoms with Gasteiger partial charge >= 0.3 is 5.97 Å². The van der Waals surface area contributed by atoms with E-state index < -0.39 is 10.3 Å². The van der Waals surface area contributed by atoms with Gasteiger partial charge in [-0.15, -0.1) is 0 Å². The minimum atomic E-state index is -0.662.